The topological polar surface area (TPSA) is 73.2 Å². The number of para-hydroxylation sites is 1. The molecular formula is C21H18F3N3O3. The molecule has 3 rings (SSSR count). The number of nitrogens with zero attached hydrogens (tertiary/aromatic N) is 2. The summed E-state index contributed by atoms with van der Waals surface area (Å²) in [5.41, 5.74) is 1.30. The fraction of sp³-hybridized carbons (Fsp3) is 0.190. The summed E-state index contributed by atoms with van der Waals surface area (Å²) in [6, 6.07) is 10.7. The second kappa shape index (κ2) is 8.40. The second-order valence-corrected chi connectivity index (χ2v) is 6.55. The van der Waals surface area contributed by atoms with Gasteiger partial charge in [-0.3, -0.25) is 4.79 Å². The number of carbonyl (C=O) groups excluding carboxylic acids is 2. The van der Waals surface area contributed by atoms with Gasteiger partial charge in [0.05, 0.1) is 22.8 Å². The zero-order chi connectivity index (χ0) is 22.0. The Morgan fingerprint density at radius 2 is 1.70 bits per heavy atom. The molecule has 0 saturated heterocycles. The minimum Gasteiger partial charge on any atom is -0.449 e. The van der Waals surface area contributed by atoms with Crippen molar-refractivity contribution in [2.45, 2.75) is 26.9 Å². The maximum Gasteiger partial charge on any atom is 0.342 e. The van der Waals surface area contributed by atoms with Crippen LogP contribution in [0.1, 0.15) is 28.7 Å². The number of aromatic nitrogens is 2. The number of carbonyl (C=O) groups is 2. The molecule has 0 spiro atoms. The first kappa shape index (κ1) is 21.1. The van der Waals surface area contributed by atoms with Crippen LogP contribution in [0, 0.1) is 31.3 Å². The summed E-state index contributed by atoms with van der Waals surface area (Å²) in [6.45, 7) is 4.59. The third-order valence-electron chi connectivity index (χ3n) is 4.44. The molecule has 30 heavy (non-hydrogen) atoms. The molecule has 0 aliphatic rings. The lowest BCUT2D eigenvalue weighted by molar-refractivity contribution is -0.123. The highest BCUT2D eigenvalue weighted by Crippen LogP contribution is 2.21. The van der Waals surface area contributed by atoms with Crippen LogP contribution in [0.5, 0.6) is 0 Å². The van der Waals surface area contributed by atoms with E-state index in [0.29, 0.717) is 17.5 Å². The monoisotopic (exact) mass is 417 g/mol. The first-order valence-electron chi connectivity index (χ1n) is 8.97. The van der Waals surface area contributed by atoms with E-state index < -0.39 is 41.1 Å². The number of hydrogen-bond donors (Lipinski definition) is 1. The highest BCUT2D eigenvalue weighted by Gasteiger charge is 2.26. The van der Waals surface area contributed by atoms with E-state index in [1.165, 1.54) is 6.92 Å². The lowest BCUT2D eigenvalue weighted by atomic mass is 10.2. The minimum absolute atomic E-state index is 0.192. The van der Waals surface area contributed by atoms with E-state index in [1.54, 1.807) is 18.5 Å². The first-order valence-corrected chi connectivity index (χ1v) is 8.97. The largest absolute Gasteiger partial charge is 0.449 e. The smallest absolute Gasteiger partial charge is 0.342 e. The van der Waals surface area contributed by atoms with Crippen LogP contribution in [0.25, 0.3) is 5.69 Å². The summed E-state index contributed by atoms with van der Waals surface area (Å²) in [5.74, 6) is -6.33. The van der Waals surface area contributed by atoms with Gasteiger partial charge in [0.15, 0.2) is 23.6 Å². The lowest BCUT2D eigenvalue weighted by Gasteiger charge is -2.14. The predicted octanol–water partition coefficient (Wildman–Crippen LogP) is 4.09. The van der Waals surface area contributed by atoms with Gasteiger partial charge in [-0.25, -0.2) is 22.6 Å². The van der Waals surface area contributed by atoms with E-state index in [1.807, 2.05) is 30.3 Å². The number of amides is 1. The molecule has 3 aromatic rings. The number of rotatable bonds is 5. The Labute approximate surface area is 170 Å². The number of esters is 1. The maximum atomic E-state index is 13.7. The molecule has 0 bridgehead atoms. The van der Waals surface area contributed by atoms with Crippen LogP contribution in [0.3, 0.4) is 0 Å². The van der Waals surface area contributed by atoms with Gasteiger partial charge in [0.25, 0.3) is 5.91 Å². The van der Waals surface area contributed by atoms with Crippen LogP contribution in [0.15, 0.2) is 42.5 Å². The standard InChI is InChI=1S/C21H18F3N3O3/c1-11-17(12(2)27(26-11)14-7-5-4-6-8-14)21(29)30-13(3)20(28)25-16-10-9-15(22)18(23)19(16)24/h4-10,13H,1-3H3,(H,25,28)/t13-/m1/s1. The summed E-state index contributed by atoms with van der Waals surface area (Å²) in [4.78, 5) is 24.9. The summed E-state index contributed by atoms with van der Waals surface area (Å²) in [5, 5.41) is 6.42. The highest BCUT2D eigenvalue weighted by atomic mass is 19.2. The van der Waals surface area contributed by atoms with Gasteiger partial charge in [-0.15, -0.1) is 0 Å². The van der Waals surface area contributed by atoms with Crippen molar-refractivity contribution in [1.82, 2.24) is 9.78 Å². The molecule has 1 amide bonds. The number of hydrogen-bond acceptors (Lipinski definition) is 4. The molecule has 0 saturated carbocycles. The van der Waals surface area contributed by atoms with Crippen molar-refractivity contribution in [3.63, 3.8) is 0 Å². The molecule has 9 heteroatoms. The van der Waals surface area contributed by atoms with Crippen molar-refractivity contribution >= 4 is 17.6 Å². The van der Waals surface area contributed by atoms with Crippen molar-refractivity contribution < 1.29 is 27.5 Å². The van der Waals surface area contributed by atoms with Gasteiger partial charge in [-0.05, 0) is 45.0 Å². The summed E-state index contributed by atoms with van der Waals surface area (Å²) in [7, 11) is 0. The predicted molar refractivity (Wildman–Crippen MR) is 103 cm³/mol. The average Bonchev–Trinajstić information content (AvgIpc) is 3.03. The molecule has 156 valence electrons. The molecule has 0 unspecified atom stereocenters. The summed E-state index contributed by atoms with van der Waals surface area (Å²) in [6.07, 6.45) is -1.33. The van der Waals surface area contributed by atoms with Gasteiger partial charge in [0.1, 0.15) is 5.56 Å². The lowest BCUT2D eigenvalue weighted by Crippen LogP contribution is -2.30. The van der Waals surface area contributed by atoms with Crippen molar-refractivity contribution in [3.8, 4) is 5.69 Å². The van der Waals surface area contributed by atoms with Crippen molar-refractivity contribution in [3.05, 3.63) is 76.9 Å². The zero-order valence-electron chi connectivity index (χ0n) is 16.4. The van der Waals surface area contributed by atoms with Crippen LogP contribution in [-0.2, 0) is 9.53 Å². The van der Waals surface area contributed by atoms with Gasteiger partial charge in [-0.1, -0.05) is 18.2 Å². The van der Waals surface area contributed by atoms with Gasteiger partial charge < -0.3 is 10.1 Å². The van der Waals surface area contributed by atoms with E-state index in [0.717, 1.165) is 11.8 Å². The Kier molecular flexibility index (Phi) is 5.91. The zero-order valence-corrected chi connectivity index (χ0v) is 16.4. The Balaban J connectivity index is 1.75. The number of halogens is 3. The van der Waals surface area contributed by atoms with E-state index in [2.05, 4.69) is 10.4 Å². The van der Waals surface area contributed by atoms with Gasteiger partial charge in [-0.2, -0.15) is 5.10 Å². The summed E-state index contributed by atoms with van der Waals surface area (Å²) >= 11 is 0. The molecule has 1 heterocycles. The Hall–Kier alpha value is -3.62. The Bertz CT molecular complexity index is 1110. The molecule has 1 aromatic heterocycles. The number of ether oxygens (including phenoxy) is 1. The number of anilines is 1. The molecule has 6 nitrogen and oxygen atoms in total. The third kappa shape index (κ3) is 4.05. The van der Waals surface area contributed by atoms with Crippen LogP contribution in [0.4, 0.5) is 18.9 Å². The molecule has 1 atom stereocenters. The Morgan fingerprint density at radius 1 is 1.03 bits per heavy atom. The summed E-state index contributed by atoms with van der Waals surface area (Å²) < 4.78 is 46.8. The minimum atomic E-state index is -1.71. The molecule has 0 aliphatic heterocycles. The van der Waals surface area contributed by atoms with Crippen molar-refractivity contribution in [1.29, 1.82) is 0 Å². The maximum absolute atomic E-state index is 13.7. The SMILES string of the molecule is Cc1nn(-c2ccccc2)c(C)c1C(=O)O[C@H](C)C(=O)Nc1ccc(F)c(F)c1F. The molecule has 2 aromatic carbocycles. The first-order chi connectivity index (χ1) is 14.2. The molecular weight excluding hydrogens is 399 g/mol. The van der Waals surface area contributed by atoms with Crippen LogP contribution in [-0.4, -0.2) is 27.8 Å². The van der Waals surface area contributed by atoms with E-state index in [4.69, 9.17) is 4.74 Å². The number of benzene rings is 2. The average molecular weight is 417 g/mol. The number of nitrogens with one attached hydrogen (secondary N) is 1. The van der Waals surface area contributed by atoms with E-state index in [9.17, 15) is 22.8 Å². The van der Waals surface area contributed by atoms with Crippen LogP contribution < -0.4 is 5.32 Å². The molecule has 1 N–H and O–H groups in total. The normalized spacial score (nSPS) is 11.8. The second-order valence-electron chi connectivity index (χ2n) is 6.55. The van der Waals surface area contributed by atoms with Gasteiger partial charge in [0.2, 0.25) is 0 Å². The quantitative estimate of drug-likeness (QED) is 0.501. The molecule has 0 fully saturated rings. The molecule has 0 radical (unpaired) electrons. The van der Waals surface area contributed by atoms with Crippen molar-refractivity contribution in [2.75, 3.05) is 5.32 Å². The molecule has 0 aliphatic carbocycles. The van der Waals surface area contributed by atoms with Crippen molar-refractivity contribution in [2.24, 2.45) is 0 Å². The van der Waals surface area contributed by atoms with Gasteiger partial charge in [0, 0.05) is 0 Å². The van der Waals surface area contributed by atoms with Crippen LogP contribution >= 0.6 is 0 Å². The third-order valence-corrected chi connectivity index (χ3v) is 4.44. The number of aryl methyl sites for hydroxylation is 1. The van der Waals surface area contributed by atoms with E-state index in [-0.39, 0.29) is 5.56 Å². The fourth-order valence-electron chi connectivity index (χ4n) is 2.89. The fourth-order valence-corrected chi connectivity index (χ4v) is 2.89. The van der Waals surface area contributed by atoms with E-state index >= 15 is 0 Å². The van der Waals surface area contributed by atoms with Gasteiger partial charge >= 0.3 is 5.97 Å². The Morgan fingerprint density at radius 3 is 2.37 bits per heavy atom. The van der Waals surface area contributed by atoms with Crippen LogP contribution in [0.2, 0.25) is 0 Å². The highest BCUT2D eigenvalue weighted by molar-refractivity contribution is 5.98.